The van der Waals surface area contributed by atoms with Crippen molar-refractivity contribution >= 4 is 61.1 Å². The van der Waals surface area contributed by atoms with Crippen LogP contribution in [0.4, 0.5) is 5.00 Å². The van der Waals surface area contributed by atoms with Crippen LogP contribution in [0.15, 0.2) is 51.7 Å². The molecule has 4 aromatic rings. The van der Waals surface area contributed by atoms with Crippen LogP contribution in [0.2, 0.25) is 0 Å². The molecular formula is C29H30N4O2S3. The van der Waals surface area contributed by atoms with E-state index in [0.717, 1.165) is 47.3 Å². The third-order valence-electron chi connectivity index (χ3n) is 6.40. The number of para-hydroxylation sites is 1. The standard InChI is InChI=1S/C29H30N4O2S3/c1-5-7-9-14-23-19(4)21(15-30)26(38-23)31-24(34)17-37-29-32-27-25(22(16-36-27)18(3)6-2)28(35)33(29)20-12-10-8-11-13-20/h6,8,10-13,16H,5,7,9,14,17H2,1-4H3,(H,31,34)/b18-6+. The van der Waals surface area contributed by atoms with Gasteiger partial charge in [0.1, 0.15) is 15.9 Å². The molecule has 0 radical (unpaired) electrons. The number of aryl methyl sites for hydroxylation is 1. The van der Waals surface area contributed by atoms with Crippen molar-refractivity contribution in [2.24, 2.45) is 0 Å². The van der Waals surface area contributed by atoms with Gasteiger partial charge in [0.05, 0.1) is 22.4 Å². The highest BCUT2D eigenvalue weighted by molar-refractivity contribution is 7.99. The van der Waals surface area contributed by atoms with E-state index in [1.165, 1.54) is 34.4 Å². The van der Waals surface area contributed by atoms with Crippen LogP contribution < -0.4 is 10.9 Å². The smallest absolute Gasteiger partial charge is 0.268 e. The first-order valence-corrected chi connectivity index (χ1v) is 15.3. The average Bonchev–Trinajstić information content (AvgIpc) is 3.48. The number of rotatable bonds is 10. The first kappa shape index (κ1) is 27.8. The van der Waals surface area contributed by atoms with Crippen LogP contribution >= 0.6 is 34.4 Å². The minimum Gasteiger partial charge on any atom is -0.316 e. The number of amides is 1. The van der Waals surface area contributed by atoms with Gasteiger partial charge in [-0.3, -0.25) is 14.2 Å². The molecule has 1 aromatic carbocycles. The number of aromatic nitrogens is 2. The maximum atomic E-state index is 13.8. The molecule has 0 unspecified atom stereocenters. The molecule has 38 heavy (non-hydrogen) atoms. The molecule has 0 atom stereocenters. The lowest BCUT2D eigenvalue weighted by Gasteiger charge is -2.12. The lowest BCUT2D eigenvalue weighted by molar-refractivity contribution is -0.113. The van der Waals surface area contributed by atoms with Gasteiger partial charge in [0, 0.05) is 15.8 Å². The van der Waals surface area contributed by atoms with E-state index in [2.05, 4.69) is 18.3 Å². The fourth-order valence-electron chi connectivity index (χ4n) is 4.17. The van der Waals surface area contributed by atoms with Gasteiger partial charge in [-0.15, -0.1) is 22.7 Å². The Kier molecular flexibility index (Phi) is 9.21. The highest BCUT2D eigenvalue weighted by Crippen LogP contribution is 2.34. The molecule has 0 aliphatic heterocycles. The van der Waals surface area contributed by atoms with Crippen LogP contribution in [0.1, 0.15) is 61.6 Å². The van der Waals surface area contributed by atoms with Crippen molar-refractivity contribution in [3.8, 4) is 11.8 Å². The molecule has 0 saturated carbocycles. The number of benzene rings is 1. The van der Waals surface area contributed by atoms with Gasteiger partial charge in [-0.2, -0.15) is 5.26 Å². The van der Waals surface area contributed by atoms with E-state index < -0.39 is 0 Å². The minimum atomic E-state index is -0.238. The number of thiophene rings is 2. The van der Waals surface area contributed by atoms with Crippen LogP contribution in [0, 0.1) is 18.3 Å². The third kappa shape index (κ3) is 5.78. The normalized spacial score (nSPS) is 11.6. The van der Waals surface area contributed by atoms with Gasteiger partial charge >= 0.3 is 0 Å². The molecule has 0 saturated heterocycles. The summed E-state index contributed by atoms with van der Waals surface area (Å²) < 4.78 is 1.58. The molecular weight excluding hydrogens is 533 g/mol. The van der Waals surface area contributed by atoms with Crippen molar-refractivity contribution < 1.29 is 4.79 Å². The molecule has 0 spiro atoms. The number of nitrogens with one attached hydrogen (secondary N) is 1. The number of fused-ring (bicyclic) bond motifs is 1. The summed E-state index contributed by atoms with van der Waals surface area (Å²) in [5, 5.41) is 16.2. The molecule has 0 aliphatic rings. The largest absolute Gasteiger partial charge is 0.316 e. The van der Waals surface area contributed by atoms with Crippen molar-refractivity contribution in [2.45, 2.75) is 58.5 Å². The predicted molar refractivity (Wildman–Crippen MR) is 161 cm³/mol. The van der Waals surface area contributed by atoms with Crippen LogP contribution in [0.5, 0.6) is 0 Å². The molecule has 1 amide bonds. The van der Waals surface area contributed by atoms with Crippen molar-refractivity contribution in [3.05, 3.63) is 73.7 Å². The number of carbonyl (C=O) groups excluding carboxylic acids is 1. The lowest BCUT2D eigenvalue weighted by Crippen LogP contribution is -2.23. The van der Waals surface area contributed by atoms with E-state index in [-0.39, 0.29) is 17.2 Å². The molecule has 0 fully saturated rings. The second-order valence-corrected chi connectivity index (χ2v) is 11.8. The Morgan fingerprint density at radius 3 is 2.71 bits per heavy atom. The maximum Gasteiger partial charge on any atom is 0.268 e. The number of thioether (sulfide) groups is 1. The van der Waals surface area contributed by atoms with E-state index in [0.29, 0.717) is 31.6 Å². The van der Waals surface area contributed by atoms with Crippen LogP contribution in [-0.2, 0) is 11.2 Å². The Bertz CT molecular complexity index is 1590. The summed E-state index contributed by atoms with van der Waals surface area (Å²) in [6.45, 7) is 8.04. The van der Waals surface area contributed by atoms with Gasteiger partial charge in [0.15, 0.2) is 5.16 Å². The molecule has 6 nitrogen and oxygen atoms in total. The monoisotopic (exact) mass is 562 g/mol. The highest BCUT2D eigenvalue weighted by Gasteiger charge is 2.20. The van der Waals surface area contributed by atoms with E-state index in [1.807, 2.05) is 62.6 Å². The summed E-state index contributed by atoms with van der Waals surface area (Å²) in [5.74, 6) is -0.178. The number of nitriles is 1. The summed E-state index contributed by atoms with van der Waals surface area (Å²) in [7, 11) is 0. The Balaban J connectivity index is 1.63. The van der Waals surface area contributed by atoms with Gasteiger partial charge in [0.2, 0.25) is 5.91 Å². The summed E-state index contributed by atoms with van der Waals surface area (Å²) in [6, 6.07) is 11.6. The summed E-state index contributed by atoms with van der Waals surface area (Å²) in [5.41, 5.74) is 3.93. The first-order valence-electron chi connectivity index (χ1n) is 12.6. The molecule has 0 aliphatic carbocycles. The van der Waals surface area contributed by atoms with Gasteiger partial charge in [-0.25, -0.2) is 4.98 Å². The molecule has 9 heteroatoms. The Morgan fingerprint density at radius 2 is 2.03 bits per heavy atom. The van der Waals surface area contributed by atoms with E-state index in [9.17, 15) is 14.9 Å². The minimum absolute atomic E-state index is 0.0594. The number of hydrogen-bond donors (Lipinski definition) is 1. The SMILES string of the molecule is C/C=C(\C)c1csc2nc(SCC(=O)Nc3sc(CCCCC)c(C)c3C#N)n(-c3ccccc3)c(=O)c12. The highest BCUT2D eigenvalue weighted by atomic mass is 32.2. The number of allylic oxidation sites excluding steroid dienone is 2. The number of carbonyl (C=O) groups is 1. The Morgan fingerprint density at radius 1 is 1.26 bits per heavy atom. The molecule has 3 heterocycles. The summed E-state index contributed by atoms with van der Waals surface area (Å²) in [4.78, 5) is 33.4. The van der Waals surface area contributed by atoms with Gasteiger partial charge in [-0.05, 0) is 56.9 Å². The number of anilines is 1. The third-order valence-corrected chi connectivity index (χ3v) is 9.48. The van der Waals surface area contributed by atoms with Crippen molar-refractivity contribution in [1.82, 2.24) is 9.55 Å². The van der Waals surface area contributed by atoms with E-state index in [1.54, 1.807) is 4.57 Å². The summed E-state index contributed by atoms with van der Waals surface area (Å²) in [6.07, 6.45) is 6.23. The molecule has 196 valence electrons. The number of hydrogen-bond acceptors (Lipinski definition) is 7. The second kappa shape index (κ2) is 12.6. The zero-order chi connectivity index (χ0) is 27.2. The zero-order valence-corrected chi connectivity index (χ0v) is 24.4. The first-order chi connectivity index (χ1) is 18.4. The fraction of sp³-hybridized carbons (Fsp3) is 0.310. The quantitative estimate of drug-likeness (QED) is 0.122. The molecule has 4 rings (SSSR count). The molecule has 3 aromatic heterocycles. The van der Waals surface area contributed by atoms with Gasteiger partial charge in [0.25, 0.3) is 5.56 Å². The molecule has 1 N–H and O–H groups in total. The Labute approximate surface area is 235 Å². The maximum absolute atomic E-state index is 13.8. The van der Waals surface area contributed by atoms with Crippen LogP contribution in [0.3, 0.4) is 0 Å². The predicted octanol–water partition coefficient (Wildman–Crippen LogP) is 7.58. The Hall–Kier alpha value is -3.19. The van der Waals surface area contributed by atoms with Gasteiger partial charge < -0.3 is 5.32 Å². The summed E-state index contributed by atoms with van der Waals surface area (Å²) >= 11 is 4.13. The van der Waals surface area contributed by atoms with E-state index >= 15 is 0 Å². The zero-order valence-electron chi connectivity index (χ0n) is 22.0. The van der Waals surface area contributed by atoms with Crippen molar-refractivity contribution in [2.75, 3.05) is 11.1 Å². The van der Waals surface area contributed by atoms with Crippen LogP contribution in [0.25, 0.3) is 21.5 Å². The van der Waals surface area contributed by atoms with Crippen molar-refractivity contribution in [3.63, 3.8) is 0 Å². The molecule has 0 bridgehead atoms. The van der Waals surface area contributed by atoms with Crippen molar-refractivity contribution in [1.29, 1.82) is 5.26 Å². The number of nitrogens with zero attached hydrogens (tertiary/aromatic N) is 3. The fourth-order valence-corrected chi connectivity index (χ4v) is 7.23. The second-order valence-electron chi connectivity index (χ2n) is 8.93. The van der Waals surface area contributed by atoms with E-state index in [4.69, 9.17) is 4.98 Å². The average molecular weight is 563 g/mol. The van der Waals surface area contributed by atoms with Gasteiger partial charge in [-0.1, -0.05) is 55.8 Å². The topological polar surface area (TPSA) is 87.8 Å². The number of unbranched alkanes of at least 4 members (excludes halogenated alkanes) is 2. The van der Waals surface area contributed by atoms with Crippen LogP contribution in [-0.4, -0.2) is 21.2 Å². The lowest BCUT2D eigenvalue weighted by atomic mass is 10.1.